The average molecular weight is 351 g/mol. The molecule has 0 fully saturated rings. The molecular weight excluding hydrogens is 338 g/mol. The molecule has 3 heterocycles. The predicted octanol–water partition coefficient (Wildman–Crippen LogP) is 3.75. The molecular formula is C17H13N5O2S. The summed E-state index contributed by atoms with van der Waals surface area (Å²) in [5, 5.41) is 10.3. The first-order chi connectivity index (χ1) is 12.2. The second-order valence-corrected chi connectivity index (χ2v) is 6.27. The molecule has 0 atom stereocenters. The number of rotatable bonds is 4. The smallest absolute Gasteiger partial charge is 0.270 e. The van der Waals surface area contributed by atoms with Gasteiger partial charge >= 0.3 is 0 Å². The van der Waals surface area contributed by atoms with Crippen molar-refractivity contribution in [1.29, 1.82) is 0 Å². The van der Waals surface area contributed by atoms with Crippen molar-refractivity contribution in [2.75, 3.05) is 5.32 Å². The van der Waals surface area contributed by atoms with Gasteiger partial charge in [-0.05, 0) is 13.0 Å². The zero-order valence-electron chi connectivity index (χ0n) is 13.2. The van der Waals surface area contributed by atoms with Gasteiger partial charge in [0.05, 0.1) is 17.5 Å². The van der Waals surface area contributed by atoms with Crippen LogP contribution < -0.4 is 5.32 Å². The minimum Gasteiger partial charge on any atom is -0.472 e. The number of anilines is 1. The quantitative estimate of drug-likeness (QED) is 0.584. The van der Waals surface area contributed by atoms with Gasteiger partial charge in [-0.15, -0.1) is 16.4 Å². The van der Waals surface area contributed by atoms with Gasteiger partial charge in [-0.2, -0.15) is 4.98 Å². The van der Waals surface area contributed by atoms with E-state index in [-0.39, 0.29) is 11.9 Å². The van der Waals surface area contributed by atoms with Crippen molar-refractivity contribution in [2.45, 2.75) is 6.92 Å². The highest BCUT2D eigenvalue weighted by molar-refractivity contribution is 7.17. The van der Waals surface area contributed by atoms with Gasteiger partial charge in [-0.3, -0.25) is 15.2 Å². The van der Waals surface area contributed by atoms with E-state index in [1.165, 1.54) is 11.3 Å². The molecule has 0 aliphatic carbocycles. The van der Waals surface area contributed by atoms with E-state index in [1.807, 2.05) is 37.3 Å². The van der Waals surface area contributed by atoms with Crippen LogP contribution in [-0.2, 0) is 0 Å². The number of carbonyl (C=O) groups excluding carboxylic acids is 1. The molecule has 0 saturated carbocycles. The van der Waals surface area contributed by atoms with E-state index in [1.54, 1.807) is 18.6 Å². The molecule has 4 aromatic rings. The van der Waals surface area contributed by atoms with E-state index in [0.717, 1.165) is 16.1 Å². The molecule has 25 heavy (non-hydrogen) atoms. The van der Waals surface area contributed by atoms with Gasteiger partial charge in [0.25, 0.3) is 5.91 Å². The Hall–Kier alpha value is -3.26. The Balaban J connectivity index is 1.55. The number of nitrogens with one attached hydrogen (secondary N) is 2. The summed E-state index contributed by atoms with van der Waals surface area (Å²) in [5.74, 6) is 0.445. The Morgan fingerprint density at radius 3 is 2.76 bits per heavy atom. The number of H-pyrrole nitrogens is 1. The van der Waals surface area contributed by atoms with Crippen LogP contribution in [-0.4, -0.2) is 26.1 Å². The summed E-state index contributed by atoms with van der Waals surface area (Å²) in [4.78, 5) is 21.8. The Morgan fingerprint density at radius 1 is 1.16 bits per heavy atom. The van der Waals surface area contributed by atoms with Gasteiger partial charge < -0.3 is 4.42 Å². The summed E-state index contributed by atoms with van der Waals surface area (Å²) in [7, 11) is 0. The van der Waals surface area contributed by atoms with E-state index < -0.39 is 0 Å². The predicted molar refractivity (Wildman–Crippen MR) is 94.3 cm³/mol. The lowest BCUT2D eigenvalue weighted by Crippen LogP contribution is -2.12. The maximum absolute atomic E-state index is 12.5. The van der Waals surface area contributed by atoms with Crippen LogP contribution in [0.4, 0.5) is 5.95 Å². The molecule has 124 valence electrons. The van der Waals surface area contributed by atoms with E-state index >= 15 is 0 Å². The number of aryl methyl sites for hydroxylation is 1. The first kappa shape index (κ1) is 15.3. The number of benzene rings is 1. The summed E-state index contributed by atoms with van der Waals surface area (Å²) >= 11 is 1.34. The number of nitrogens with zero attached hydrogens (tertiary/aromatic N) is 3. The standard InChI is InChI=1S/C17H13N5O2S/c1-10-13(25-16(18-10)11-5-3-2-4-6-11)15(23)20-17-19-14(21-22-17)12-7-8-24-9-12/h2-9H,1H3,(H2,19,20,21,22,23). The van der Waals surface area contributed by atoms with E-state index in [2.05, 4.69) is 25.5 Å². The summed E-state index contributed by atoms with van der Waals surface area (Å²) in [6.45, 7) is 1.81. The van der Waals surface area contributed by atoms with E-state index in [9.17, 15) is 4.79 Å². The lowest BCUT2D eigenvalue weighted by atomic mass is 10.2. The van der Waals surface area contributed by atoms with Crippen molar-refractivity contribution < 1.29 is 9.21 Å². The van der Waals surface area contributed by atoms with Crippen LogP contribution in [0.25, 0.3) is 22.0 Å². The SMILES string of the molecule is Cc1nc(-c2ccccc2)sc1C(=O)Nc1n[nH]c(-c2ccoc2)n1. The maximum Gasteiger partial charge on any atom is 0.270 e. The van der Waals surface area contributed by atoms with Gasteiger partial charge in [0, 0.05) is 5.56 Å². The molecule has 0 saturated heterocycles. The molecule has 7 nitrogen and oxygen atoms in total. The normalized spacial score (nSPS) is 10.8. The van der Waals surface area contributed by atoms with Crippen LogP contribution in [0.5, 0.6) is 0 Å². The van der Waals surface area contributed by atoms with Gasteiger partial charge in [0.1, 0.15) is 16.1 Å². The number of amides is 1. The largest absolute Gasteiger partial charge is 0.472 e. The minimum atomic E-state index is -0.282. The van der Waals surface area contributed by atoms with Crippen LogP contribution >= 0.6 is 11.3 Å². The molecule has 0 spiro atoms. The Bertz CT molecular complexity index is 1010. The Labute approximate surface area is 146 Å². The van der Waals surface area contributed by atoms with Crippen molar-refractivity contribution in [3.63, 3.8) is 0 Å². The van der Waals surface area contributed by atoms with Gasteiger partial charge in [0.15, 0.2) is 5.82 Å². The second-order valence-electron chi connectivity index (χ2n) is 5.27. The van der Waals surface area contributed by atoms with Gasteiger partial charge in [-0.25, -0.2) is 4.98 Å². The molecule has 0 aliphatic heterocycles. The minimum absolute atomic E-state index is 0.204. The van der Waals surface area contributed by atoms with Crippen molar-refractivity contribution in [2.24, 2.45) is 0 Å². The summed E-state index contributed by atoms with van der Waals surface area (Å²) in [6.07, 6.45) is 3.09. The molecule has 1 aromatic carbocycles. The number of thiazole rings is 1. The monoisotopic (exact) mass is 351 g/mol. The fourth-order valence-corrected chi connectivity index (χ4v) is 3.28. The average Bonchev–Trinajstić information content (AvgIpc) is 3.35. The van der Waals surface area contributed by atoms with Crippen molar-refractivity contribution in [1.82, 2.24) is 20.2 Å². The van der Waals surface area contributed by atoms with Crippen LogP contribution in [0.3, 0.4) is 0 Å². The lowest BCUT2D eigenvalue weighted by Gasteiger charge is -1.97. The van der Waals surface area contributed by atoms with Crippen molar-refractivity contribution >= 4 is 23.2 Å². The molecule has 0 aliphatic rings. The molecule has 8 heteroatoms. The van der Waals surface area contributed by atoms with Crippen LogP contribution in [0.2, 0.25) is 0 Å². The highest BCUT2D eigenvalue weighted by Gasteiger charge is 2.18. The molecule has 2 N–H and O–H groups in total. The van der Waals surface area contributed by atoms with E-state index in [4.69, 9.17) is 4.42 Å². The number of aromatic amines is 1. The summed E-state index contributed by atoms with van der Waals surface area (Å²) < 4.78 is 5.01. The number of carbonyl (C=O) groups is 1. The Morgan fingerprint density at radius 2 is 2.00 bits per heavy atom. The first-order valence-corrected chi connectivity index (χ1v) is 8.31. The summed E-state index contributed by atoms with van der Waals surface area (Å²) in [6, 6.07) is 11.5. The number of hydrogen-bond acceptors (Lipinski definition) is 6. The lowest BCUT2D eigenvalue weighted by molar-refractivity contribution is 0.102. The van der Waals surface area contributed by atoms with Crippen LogP contribution in [0.1, 0.15) is 15.4 Å². The van der Waals surface area contributed by atoms with Gasteiger partial charge in [-0.1, -0.05) is 30.3 Å². The highest BCUT2D eigenvalue weighted by Crippen LogP contribution is 2.28. The summed E-state index contributed by atoms with van der Waals surface area (Å²) in [5.41, 5.74) is 2.41. The highest BCUT2D eigenvalue weighted by atomic mass is 32.1. The fraction of sp³-hybridized carbons (Fsp3) is 0.0588. The second kappa shape index (κ2) is 6.33. The third-order valence-electron chi connectivity index (χ3n) is 3.53. The zero-order valence-corrected chi connectivity index (χ0v) is 14.0. The topological polar surface area (TPSA) is 96.7 Å². The number of furan rings is 1. The molecule has 0 radical (unpaired) electrons. The fourth-order valence-electron chi connectivity index (χ4n) is 2.32. The zero-order chi connectivity index (χ0) is 17.2. The molecule has 0 unspecified atom stereocenters. The number of aromatic nitrogens is 4. The molecule has 0 bridgehead atoms. The molecule has 4 rings (SSSR count). The van der Waals surface area contributed by atoms with Crippen molar-refractivity contribution in [3.8, 4) is 22.0 Å². The third-order valence-corrected chi connectivity index (χ3v) is 4.73. The molecule has 3 aromatic heterocycles. The van der Waals surface area contributed by atoms with Crippen molar-refractivity contribution in [3.05, 3.63) is 59.5 Å². The number of hydrogen-bond donors (Lipinski definition) is 2. The first-order valence-electron chi connectivity index (χ1n) is 7.50. The van der Waals surface area contributed by atoms with Crippen LogP contribution in [0, 0.1) is 6.92 Å². The van der Waals surface area contributed by atoms with Gasteiger partial charge in [0.2, 0.25) is 5.95 Å². The van der Waals surface area contributed by atoms with Crippen LogP contribution in [0.15, 0.2) is 53.3 Å². The Kier molecular flexibility index (Phi) is 3.87. The molecule has 1 amide bonds. The third kappa shape index (κ3) is 3.07. The maximum atomic E-state index is 12.5. The van der Waals surface area contributed by atoms with E-state index in [0.29, 0.717) is 16.4 Å².